The molecule has 110 valence electrons. The van der Waals surface area contributed by atoms with Crippen LogP contribution >= 0.6 is 0 Å². The van der Waals surface area contributed by atoms with Crippen LogP contribution in [0.5, 0.6) is 0 Å². The van der Waals surface area contributed by atoms with Crippen molar-refractivity contribution in [1.82, 2.24) is 15.5 Å². The van der Waals surface area contributed by atoms with Crippen molar-refractivity contribution in [2.75, 3.05) is 6.54 Å². The van der Waals surface area contributed by atoms with Crippen molar-refractivity contribution in [3.05, 3.63) is 57.4 Å². The SMILES string of the molecule is Cc1[nH]ncc1CCCNC(=O)c1cccc([N+](=O)[O-])c1. The lowest BCUT2D eigenvalue weighted by Gasteiger charge is -2.05. The zero-order chi connectivity index (χ0) is 15.2. The summed E-state index contributed by atoms with van der Waals surface area (Å²) < 4.78 is 0. The second kappa shape index (κ2) is 6.65. The van der Waals surface area contributed by atoms with E-state index in [-0.39, 0.29) is 11.6 Å². The van der Waals surface area contributed by atoms with Gasteiger partial charge in [0.05, 0.1) is 11.1 Å². The Morgan fingerprint density at radius 1 is 1.48 bits per heavy atom. The molecule has 1 aromatic heterocycles. The zero-order valence-electron chi connectivity index (χ0n) is 11.6. The number of hydrogen-bond donors (Lipinski definition) is 2. The Hall–Kier alpha value is -2.70. The second-order valence-electron chi connectivity index (χ2n) is 4.69. The number of aryl methyl sites for hydroxylation is 2. The molecule has 0 bridgehead atoms. The Bertz CT molecular complexity index is 651. The lowest BCUT2D eigenvalue weighted by Crippen LogP contribution is -2.24. The van der Waals surface area contributed by atoms with Gasteiger partial charge in [0.2, 0.25) is 0 Å². The number of hydrogen-bond acceptors (Lipinski definition) is 4. The molecule has 0 saturated carbocycles. The third-order valence-corrected chi connectivity index (χ3v) is 3.16. The highest BCUT2D eigenvalue weighted by Gasteiger charge is 2.10. The molecule has 1 heterocycles. The average Bonchev–Trinajstić information content (AvgIpc) is 2.89. The molecule has 21 heavy (non-hydrogen) atoms. The molecule has 0 atom stereocenters. The van der Waals surface area contributed by atoms with Crippen LogP contribution in [0.25, 0.3) is 0 Å². The molecule has 0 saturated heterocycles. The number of rotatable bonds is 6. The standard InChI is InChI=1S/C14H16N4O3/c1-10-12(9-16-17-10)5-3-7-15-14(19)11-4-2-6-13(8-11)18(20)21/h2,4,6,8-9H,3,5,7H2,1H3,(H,15,19)(H,16,17). The number of nitro benzene ring substituents is 1. The number of nitro groups is 1. The van der Waals surface area contributed by atoms with Crippen molar-refractivity contribution in [3.63, 3.8) is 0 Å². The largest absolute Gasteiger partial charge is 0.352 e. The first kappa shape index (κ1) is 14.7. The molecule has 0 aliphatic rings. The fourth-order valence-corrected chi connectivity index (χ4v) is 1.97. The van der Waals surface area contributed by atoms with Gasteiger partial charge in [-0.15, -0.1) is 0 Å². The number of benzene rings is 1. The van der Waals surface area contributed by atoms with E-state index in [2.05, 4.69) is 15.5 Å². The minimum atomic E-state index is -0.515. The fraction of sp³-hybridized carbons (Fsp3) is 0.286. The predicted octanol–water partition coefficient (Wildman–Crippen LogP) is 1.99. The number of carbonyl (C=O) groups excluding carboxylic acids is 1. The summed E-state index contributed by atoms with van der Waals surface area (Å²) in [6.07, 6.45) is 3.37. The number of aromatic amines is 1. The van der Waals surface area contributed by atoms with E-state index in [9.17, 15) is 14.9 Å². The third kappa shape index (κ3) is 3.88. The molecule has 2 rings (SSSR count). The molecular weight excluding hydrogens is 272 g/mol. The summed E-state index contributed by atoms with van der Waals surface area (Å²) in [5.41, 5.74) is 2.36. The van der Waals surface area contributed by atoms with E-state index in [1.165, 1.54) is 18.2 Å². The smallest absolute Gasteiger partial charge is 0.270 e. The van der Waals surface area contributed by atoms with Crippen molar-refractivity contribution < 1.29 is 9.72 Å². The van der Waals surface area contributed by atoms with Crippen LogP contribution < -0.4 is 5.32 Å². The van der Waals surface area contributed by atoms with Gasteiger partial charge in [0.1, 0.15) is 0 Å². The van der Waals surface area contributed by atoms with Crippen LogP contribution in [0.2, 0.25) is 0 Å². The normalized spacial score (nSPS) is 10.3. The molecule has 7 nitrogen and oxygen atoms in total. The average molecular weight is 288 g/mol. The highest BCUT2D eigenvalue weighted by Crippen LogP contribution is 2.13. The maximum absolute atomic E-state index is 11.9. The van der Waals surface area contributed by atoms with Gasteiger partial charge >= 0.3 is 0 Å². The lowest BCUT2D eigenvalue weighted by molar-refractivity contribution is -0.384. The maximum atomic E-state index is 11.9. The van der Waals surface area contributed by atoms with E-state index in [4.69, 9.17) is 0 Å². The number of carbonyl (C=O) groups is 1. The van der Waals surface area contributed by atoms with Crippen LogP contribution in [0.4, 0.5) is 5.69 Å². The van der Waals surface area contributed by atoms with Gasteiger partial charge < -0.3 is 5.32 Å². The molecular formula is C14H16N4O3. The van der Waals surface area contributed by atoms with E-state index >= 15 is 0 Å². The Morgan fingerprint density at radius 2 is 2.29 bits per heavy atom. The van der Waals surface area contributed by atoms with Crippen LogP contribution in [0.3, 0.4) is 0 Å². The molecule has 0 aliphatic carbocycles. The highest BCUT2D eigenvalue weighted by atomic mass is 16.6. The van der Waals surface area contributed by atoms with Crippen LogP contribution in [-0.2, 0) is 6.42 Å². The summed E-state index contributed by atoms with van der Waals surface area (Å²) in [6.45, 7) is 2.45. The summed E-state index contributed by atoms with van der Waals surface area (Å²) in [5.74, 6) is -0.303. The molecule has 0 radical (unpaired) electrons. The van der Waals surface area contributed by atoms with E-state index in [1.54, 1.807) is 12.3 Å². The van der Waals surface area contributed by atoms with Gasteiger partial charge in [0.25, 0.3) is 11.6 Å². The molecule has 2 N–H and O–H groups in total. The monoisotopic (exact) mass is 288 g/mol. The summed E-state index contributed by atoms with van der Waals surface area (Å²) in [4.78, 5) is 22.0. The van der Waals surface area contributed by atoms with Crippen LogP contribution in [0.1, 0.15) is 28.0 Å². The molecule has 0 aliphatic heterocycles. The number of H-pyrrole nitrogens is 1. The maximum Gasteiger partial charge on any atom is 0.270 e. The zero-order valence-corrected chi connectivity index (χ0v) is 11.6. The van der Waals surface area contributed by atoms with E-state index in [1.807, 2.05) is 6.92 Å². The lowest BCUT2D eigenvalue weighted by atomic mass is 10.1. The van der Waals surface area contributed by atoms with Gasteiger partial charge in [0, 0.05) is 29.9 Å². The molecule has 1 amide bonds. The van der Waals surface area contributed by atoms with Crippen molar-refractivity contribution in [1.29, 1.82) is 0 Å². The van der Waals surface area contributed by atoms with Crippen molar-refractivity contribution >= 4 is 11.6 Å². The summed E-state index contributed by atoms with van der Waals surface area (Å²) in [7, 11) is 0. The molecule has 0 spiro atoms. The predicted molar refractivity (Wildman–Crippen MR) is 77.1 cm³/mol. The molecule has 1 aromatic carbocycles. The topological polar surface area (TPSA) is 101 Å². The third-order valence-electron chi connectivity index (χ3n) is 3.16. The molecule has 0 unspecified atom stereocenters. The summed E-state index contributed by atoms with van der Waals surface area (Å²) in [5, 5.41) is 20.2. The van der Waals surface area contributed by atoms with Gasteiger partial charge in [-0.2, -0.15) is 5.10 Å². The van der Waals surface area contributed by atoms with Crippen LogP contribution in [0, 0.1) is 17.0 Å². The van der Waals surface area contributed by atoms with Crippen LogP contribution in [0.15, 0.2) is 30.5 Å². The highest BCUT2D eigenvalue weighted by molar-refractivity contribution is 5.94. The van der Waals surface area contributed by atoms with Gasteiger partial charge in [-0.3, -0.25) is 20.0 Å². The van der Waals surface area contributed by atoms with Crippen molar-refractivity contribution in [3.8, 4) is 0 Å². The Morgan fingerprint density at radius 3 is 2.95 bits per heavy atom. The quantitative estimate of drug-likeness (QED) is 0.482. The van der Waals surface area contributed by atoms with Gasteiger partial charge in [-0.1, -0.05) is 6.07 Å². The van der Waals surface area contributed by atoms with Crippen molar-refractivity contribution in [2.45, 2.75) is 19.8 Å². The second-order valence-corrected chi connectivity index (χ2v) is 4.69. The molecule has 2 aromatic rings. The first-order valence-electron chi connectivity index (χ1n) is 6.59. The van der Waals surface area contributed by atoms with Gasteiger partial charge in [0.15, 0.2) is 0 Å². The first-order valence-corrected chi connectivity index (χ1v) is 6.59. The van der Waals surface area contributed by atoms with Gasteiger partial charge in [-0.05, 0) is 31.4 Å². The summed E-state index contributed by atoms with van der Waals surface area (Å²) >= 11 is 0. The minimum absolute atomic E-state index is 0.0864. The minimum Gasteiger partial charge on any atom is -0.352 e. The molecule has 0 fully saturated rings. The first-order chi connectivity index (χ1) is 10.1. The van der Waals surface area contributed by atoms with Gasteiger partial charge in [-0.25, -0.2) is 0 Å². The molecule has 7 heteroatoms. The number of nitrogens with one attached hydrogen (secondary N) is 2. The van der Waals surface area contributed by atoms with Crippen molar-refractivity contribution in [2.24, 2.45) is 0 Å². The Balaban J connectivity index is 1.83. The fourth-order valence-electron chi connectivity index (χ4n) is 1.97. The van der Waals surface area contributed by atoms with Crippen LogP contribution in [-0.4, -0.2) is 27.6 Å². The van der Waals surface area contributed by atoms with E-state index in [0.29, 0.717) is 12.1 Å². The number of aromatic nitrogens is 2. The Kier molecular flexibility index (Phi) is 4.65. The number of non-ortho nitro benzene ring substituents is 1. The number of amides is 1. The van der Waals surface area contributed by atoms with E-state index < -0.39 is 4.92 Å². The summed E-state index contributed by atoms with van der Waals surface area (Å²) in [6, 6.07) is 5.69. The number of nitrogens with zero attached hydrogens (tertiary/aromatic N) is 2. The Labute approximate surface area is 121 Å². The van der Waals surface area contributed by atoms with E-state index in [0.717, 1.165) is 24.1 Å².